The summed E-state index contributed by atoms with van der Waals surface area (Å²) in [6.07, 6.45) is 0.0149. The second-order valence-electron chi connectivity index (χ2n) is 6.63. The average Bonchev–Trinajstić information content (AvgIpc) is 2.91. The van der Waals surface area contributed by atoms with Gasteiger partial charge in [-0.1, -0.05) is 18.7 Å². The summed E-state index contributed by atoms with van der Waals surface area (Å²) in [6.45, 7) is 8.25. The molecule has 1 heterocycles. The second kappa shape index (κ2) is 7.49. The number of aryl methyl sites for hydroxylation is 1. The zero-order valence-electron chi connectivity index (χ0n) is 15.2. The van der Waals surface area contributed by atoms with E-state index in [0.717, 1.165) is 0 Å². The van der Waals surface area contributed by atoms with Crippen LogP contribution in [0.25, 0.3) is 0 Å². The smallest absolute Gasteiger partial charge is 0.312 e. The summed E-state index contributed by atoms with van der Waals surface area (Å²) >= 11 is 0.263. The number of nitrogens with zero attached hydrogens (tertiary/aromatic N) is 2. The highest BCUT2D eigenvalue weighted by molar-refractivity contribution is 7.99. The molecule has 0 saturated carbocycles. The summed E-state index contributed by atoms with van der Waals surface area (Å²) in [7, 11) is 0. The largest absolute Gasteiger partial charge is 0.406 e. The van der Waals surface area contributed by atoms with Crippen LogP contribution in [0.2, 0.25) is 0 Å². The zero-order chi connectivity index (χ0) is 20.7. The van der Waals surface area contributed by atoms with Crippen molar-refractivity contribution in [3.05, 3.63) is 34.8 Å². The minimum Gasteiger partial charge on any atom is -0.406 e. The second-order valence-corrected chi connectivity index (χ2v) is 7.65. The molecule has 0 spiro atoms. The van der Waals surface area contributed by atoms with Crippen LogP contribution in [0.15, 0.2) is 9.79 Å². The van der Waals surface area contributed by atoms with Gasteiger partial charge < -0.3 is 4.74 Å². The Morgan fingerprint density at radius 3 is 1.93 bits per heavy atom. The summed E-state index contributed by atoms with van der Waals surface area (Å²) < 4.78 is 74.9. The maximum atomic E-state index is 14.0. The highest BCUT2D eigenvalue weighted by Gasteiger charge is 2.31. The fraction of sp³-hybridized carbons (Fsp3) is 0.412. The van der Waals surface area contributed by atoms with E-state index < -0.39 is 45.5 Å². The first-order valence-electron chi connectivity index (χ1n) is 7.90. The zero-order valence-corrected chi connectivity index (χ0v) is 16.0. The Balaban J connectivity index is 2.67. The topological polar surface area (TPSA) is 44.1 Å². The van der Waals surface area contributed by atoms with Gasteiger partial charge in [-0.25, -0.2) is 26.6 Å². The van der Waals surface area contributed by atoms with E-state index in [-0.39, 0.29) is 34.7 Å². The minimum absolute atomic E-state index is 0.0149. The number of benzene rings is 1. The standard InChI is InChI=1S/C17H17F5N2O2S/c1-6-8(25)26-16-14(7(2)23-24(16)17(3,4)5)27-15-12(21)10(19)9(18)11(20)13(15)22/h6H2,1-5H3. The lowest BCUT2D eigenvalue weighted by atomic mass is 10.1. The van der Waals surface area contributed by atoms with Crippen LogP contribution in [0, 0.1) is 36.0 Å². The Labute approximate surface area is 156 Å². The third-order valence-electron chi connectivity index (χ3n) is 3.47. The van der Waals surface area contributed by atoms with Crippen molar-refractivity contribution >= 4 is 17.7 Å². The van der Waals surface area contributed by atoms with E-state index >= 15 is 0 Å². The van der Waals surface area contributed by atoms with Crippen LogP contribution in [0.5, 0.6) is 5.88 Å². The van der Waals surface area contributed by atoms with Crippen molar-refractivity contribution in [1.82, 2.24) is 9.78 Å². The first-order valence-corrected chi connectivity index (χ1v) is 8.71. The van der Waals surface area contributed by atoms with Gasteiger partial charge in [-0.05, 0) is 27.7 Å². The maximum Gasteiger partial charge on any atom is 0.312 e. The summed E-state index contributed by atoms with van der Waals surface area (Å²) in [5, 5.41) is 4.20. The van der Waals surface area contributed by atoms with Crippen molar-refractivity contribution in [2.75, 3.05) is 0 Å². The number of hydrogen-bond donors (Lipinski definition) is 0. The van der Waals surface area contributed by atoms with Crippen LogP contribution >= 0.6 is 11.8 Å². The van der Waals surface area contributed by atoms with Crippen molar-refractivity contribution < 1.29 is 31.5 Å². The van der Waals surface area contributed by atoms with E-state index in [2.05, 4.69) is 5.10 Å². The Kier molecular flexibility index (Phi) is 5.88. The molecule has 0 atom stereocenters. The highest BCUT2D eigenvalue weighted by atomic mass is 32.2. The molecule has 27 heavy (non-hydrogen) atoms. The molecule has 0 fully saturated rings. The molecule has 0 aliphatic carbocycles. The quantitative estimate of drug-likeness (QED) is 0.305. The van der Waals surface area contributed by atoms with Crippen molar-refractivity contribution in [2.24, 2.45) is 0 Å². The molecule has 0 unspecified atom stereocenters. The third-order valence-corrected chi connectivity index (χ3v) is 4.71. The number of carbonyl (C=O) groups is 1. The monoisotopic (exact) mass is 408 g/mol. The van der Waals surface area contributed by atoms with Gasteiger partial charge in [0.1, 0.15) is 0 Å². The van der Waals surface area contributed by atoms with Crippen LogP contribution < -0.4 is 4.74 Å². The third kappa shape index (κ3) is 3.95. The van der Waals surface area contributed by atoms with Gasteiger partial charge >= 0.3 is 5.97 Å². The molecule has 0 aliphatic heterocycles. The Morgan fingerprint density at radius 2 is 1.48 bits per heavy atom. The lowest BCUT2D eigenvalue weighted by Gasteiger charge is -2.22. The lowest BCUT2D eigenvalue weighted by molar-refractivity contribution is -0.134. The van der Waals surface area contributed by atoms with E-state index in [1.807, 2.05) is 0 Å². The van der Waals surface area contributed by atoms with Crippen LogP contribution in [0.4, 0.5) is 22.0 Å². The predicted molar refractivity (Wildman–Crippen MR) is 88.2 cm³/mol. The lowest BCUT2D eigenvalue weighted by Crippen LogP contribution is -2.25. The molecule has 1 aromatic heterocycles. The molecule has 0 bridgehead atoms. The van der Waals surface area contributed by atoms with Gasteiger partial charge in [0, 0.05) is 6.42 Å². The Bertz CT molecular complexity index is 877. The van der Waals surface area contributed by atoms with Gasteiger partial charge in [-0.15, -0.1) is 0 Å². The molecule has 4 nitrogen and oxygen atoms in total. The number of hydrogen-bond acceptors (Lipinski definition) is 4. The molecule has 0 radical (unpaired) electrons. The molecular weight excluding hydrogens is 391 g/mol. The van der Waals surface area contributed by atoms with Crippen LogP contribution in [-0.4, -0.2) is 15.7 Å². The van der Waals surface area contributed by atoms with Gasteiger partial charge in [0.25, 0.3) is 0 Å². The fourth-order valence-electron chi connectivity index (χ4n) is 2.11. The van der Waals surface area contributed by atoms with Gasteiger partial charge in [-0.3, -0.25) is 4.79 Å². The van der Waals surface area contributed by atoms with E-state index in [4.69, 9.17) is 4.74 Å². The van der Waals surface area contributed by atoms with Gasteiger partial charge in [0.15, 0.2) is 23.3 Å². The van der Waals surface area contributed by atoms with E-state index in [9.17, 15) is 26.7 Å². The first kappa shape index (κ1) is 21.2. The SMILES string of the molecule is CCC(=O)Oc1c(Sc2c(F)c(F)c(F)c(F)c2F)c(C)nn1C(C)(C)C. The molecule has 1 aromatic carbocycles. The number of carbonyl (C=O) groups excluding carboxylic acids is 1. The van der Waals surface area contributed by atoms with Crippen LogP contribution in [-0.2, 0) is 10.3 Å². The van der Waals surface area contributed by atoms with Crippen molar-refractivity contribution in [1.29, 1.82) is 0 Å². The van der Waals surface area contributed by atoms with E-state index in [0.29, 0.717) is 0 Å². The number of aromatic nitrogens is 2. The molecule has 2 aromatic rings. The van der Waals surface area contributed by atoms with Crippen molar-refractivity contribution in [2.45, 2.75) is 56.4 Å². The number of rotatable bonds is 4. The van der Waals surface area contributed by atoms with E-state index in [1.54, 1.807) is 27.7 Å². The summed E-state index contributed by atoms with van der Waals surface area (Å²) in [5.74, 6) is -11.0. The number of ether oxygens (including phenoxy) is 1. The van der Waals surface area contributed by atoms with Crippen LogP contribution in [0.3, 0.4) is 0 Å². The van der Waals surface area contributed by atoms with Gasteiger partial charge in [0.2, 0.25) is 11.7 Å². The van der Waals surface area contributed by atoms with Gasteiger partial charge in [-0.2, -0.15) is 5.10 Å². The molecule has 0 aliphatic rings. The van der Waals surface area contributed by atoms with E-state index in [1.165, 1.54) is 11.6 Å². The van der Waals surface area contributed by atoms with Crippen molar-refractivity contribution in [3.8, 4) is 5.88 Å². The fourth-order valence-corrected chi connectivity index (χ4v) is 3.08. The number of halogens is 5. The minimum atomic E-state index is -2.24. The number of esters is 1. The van der Waals surface area contributed by atoms with Crippen LogP contribution in [0.1, 0.15) is 39.8 Å². The van der Waals surface area contributed by atoms with Crippen molar-refractivity contribution in [3.63, 3.8) is 0 Å². The summed E-state index contributed by atoms with van der Waals surface area (Å²) in [4.78, 5) is 10.7. The highest BCUT2D eigenvalue weighted by Crippen LogP contribution is 2.43. The average molecular weight is 408 g/mol. The van der Waals surface area contributed by atoms with Gasteiger partial charge in [0.05, 0.1) is 21.0 Å². The molecule has 0 amide bonds. The Morgan fingerprint density at radius 1 is 1.00 bits per heavy atom. The normalized spacial score (nSPS) is 11.8. The molecule has 0 saturated heterocycles. The summed E-state index contributed by atoms with van der Waals surface area (Å²) in [6, 6.07) is 0. The molecule has 10 heteroatoms. The molecule has 2 rings (SSSR count). The first-order chi connectivity index (χ1) is 12.4. The predicted octanol–water partition coefficient (Wildman–Crippen LogP) is 5.11. The summed E-state index contributed by atoms with van der Waals surface area (Å²) in [5.41, 5.74) is -0.471. The maximum absolute atomic E-state index is 14.0. The molecule has 0 N–H and O–H groups in total. The Hall–Kier alpha value is -2.10. The molecule has 148 valence electrons. The molecular formula is C17H17F5N2O2S.